The maximum absolute atomic E-state index is 5.68. The maximum atomic E-state index is 5.68. The number of nitrogens with zero attached hydrogens (tertiary/aromatic N) is 1. The predicted molar refractivity (Wildman–Crippen MR) is 228 cm³/mol. The van der Waals surface area contributed by atoms with Crippen molar-refractivity contribution >= 4 is 24.4 Å². The van der Waals surface area contributed by atoms with E-state index in [1.165, 1.54) is 25.7 Å². The quantitative estimate of drug-likeness (QED) is 0.197. The fourth-order valence-electron chi connectivity index (χ4n) is 9.28. The molecule has 4 atom stereocenters. The summed E-state index contributed by atoms with van der Waals surface area (Å²) in [5.41, 5.74) is 8.46. The Kier molecular flexibility index (Phi) is 14.7. The molecule has 0 bridgehead atoms. The van der Waals surface area contributed by atoms with Gasteiger partial charge in [0, 0.05) is 0 Å². The monoisotopic (exact) mass is 756 g/mol. The van der Waals surface area contributed by atoms with Crippen molar-refractivity contribution < 1.29 is 21.7 Å². The topological polar surface area (TPSA) is 14.1 Å². The van der Waals surface area contributed by atoms with Crippen molar-refractivity contribution in [2.24, 2.45) is 45.3 Å². The Labute approximate surface area is 326 Å². The van der Waals surface area contributed by atoms with Gasteiger partial charge in [0.05, 0.1) is 0 Å². The fourth-order valence-corrected chi connectivity index (χ4v) is 13.7. The van der Waals surface area contributed by atoms with Gasteiger partial charge in [0.25, 0.3) is 0 Å². The molecule has 5 aliphatic rings. The summed E-state index contributed by atoms with van der Waals surface area (Å²) >= 11 is 0. The smallest absolute Gasteiger partial charge is 0.660 e. The van der Waals surface area contributed by atoms with Gasteiger partial charge in [-0.1, -0.05) is 167 Å². The van der Waals surface area contributed by atoms with Crippen molar-refractivity contribution in [2.75, 3.05) is 0 Å². The van der Waals surface area contributed by atoms with E-state index in [4.69, 9.17) is 4.98 Å². The summed E-state index contributed by atoms with van der Waals surface area (Å²) in [6.45, 7) is 53.3. The van der Waals surface area contributed by atoms with Crippen LogP contribution in [0.4, 0.5) is 0 Å². The van der Waals surface area contributed by atoms with E-state index in [-0.39, 0.29) is 56.3 Å². The minimum absolute atomic E-state index is 0. The Morgan fingerprint density at radius 1 is 0.531 bits per heavy atom. The number of allylic oxidation sites excluding steroid dienone is 8. The molecule has 0 aromatic heterocycles. The summed E-state index contributed by atoms with van der Waals surface area (Å²) < 4.78 is 0. The zero-order chi connectivity index (χ0) is 36.6. The summed E-state index contributed by atoms with van der Waals surface area (Å²) in [7, 11) is -3.64. The van der Waals surface area contributed by atoms with Crippen LogP contribution in [0, 0.1) is 65.9 Å². The second-order valence-corrected chi connectivity index (χ2v) is 37.2. The molecule has 0 N–H and O–H groups in total. The van der Waals surface area contributed by atoms with Crippen LogP contribution < -0.4 is 0 Å². The third-order valence-corrected chi connectivity index (χ3v) is 14.9. The van der Waals surface area contributed by atoms with Gasteiger partial charge in [-0.05, 0) is 93.3 Å². The Hall–Kier alpha value is 0.285. The van der Waals surface area contributed by atoms with Crippen molar-refractivity contribution in [3.05, 3.63) is 72.1 Å². The predicted octanol–water partition coefficient (Wildman–Crippen LogP) is 14.5. The van der Waals surface area contributed by atoms with Crippen molar-refractivity contribution in [3.63, 3.8) is 0 Å². The van der Waals surface area contributed by atoms with Gasteiger partial charge in [-0.2, -0.15) is 0 Å². The van der Waals surface area contributed by atoms with Gasteiger partial charge in [0.15, 0.2) is 0 Å². The molecule has 49 heavy (non-hydrogen) atoms. The number of hydrogen-bond acceptors (Lipinski definition) is 0. The molecule has 0 aliphatic heterocycles. The van der Waals surface area contributed by atoms with Gasteiger partial charge in [-0.25, -0.2) is 0 Å². The van der Waals surface area contributed by atoms with Gasteiger partial charge >= 0.3 is 21.7 Å². The molecule has 3 fully saturated rings. The van der Waals surface area contributed by atoms with E-state index in [0.717, 1.165) is 0 Å². The first kappa shape index (κ1) is 47.3. The van der Waals surface area contributed by atoms with E-state index in [9.17, 15) is 0 Å². The van der Waals surface area contributed by atoms with Gasteiger partial charge in [-0.3, -0.25) is 0 Å². The van der Waals surface area contributed by atoms with Crippen molar-refractivity contribution in [1.29, 1.82) is 0 Å². The number of fused-ring (bicyclic) bond motifs is 5. The van der Waals surface area contributed by atoms with Gasteiger partial charge < -0.3 is 25.5 Å². The molecule has 0 amide bonds. The second-order valence-electron chi connectivity index (χ2n) is 22.7. The fraction of sp³-hybridized carbons (Fsp3) is 0.750. The minimum Gasteiger partial charge on any atom is -0.660 e. The molecule has 5 rings (SSSR count). The average Bonchev–Trinajstić information content (AvgIpc) is 3.14. The molecular formula is C44H81NSi3Ti. The largest absolute Gasteiger partial charge is 4.00 e. The first-order chi connectivity index (χ1) is 20.7. The van der Waals surface area contributed by atoms with E-state index in [2.05, 4.69) is 166 Å². The second kappa shape index (κ2) is 15.2. The average molecular weight is 756 g/mol. The van der Waals surface area contributed by atoms with E-state index in [1.807, 2.05) is 0 Å². The van der Waals surface area contributed by atoms with Crippen LogP contribution >= 0.6 is 0 Å². The van der Waals surface area contributed by atoms with Gasteiger partial charge in [-0.15, -0.1) is 21.7 Å². The molecule has 0 radical (unpaired) electrons. The van der Waals surface area contributed by atoms with Crippen molar-refractivity contribution in [1.82, 2.24) is 0 Å². The third kappa shape index (κ3) is 11.6. The molecule has 278 valence electrons. The molecule has 5 aliphatic carbocycles. The minimum atomic E-state index is -1.92. The molecule has 0 saturated heterocycles. The van der Waals surface area contributed by atoms with Crippen LogP contribution in [0.25, 0.3) is 4.98 Å². The zero-order valence-electron chi connectivity index (χ0n) is 36.4. The zero-order valence-corrected chi connectivity index (χ0v) is 40.9. The first-order valence-corrected chi connectivity index (χ1v) is 29.5. The molecular weight excluding hydrogens is 675 g/mol. The van der Waals surface area contributed by atoms with Gasteiger partial charge in [0.1, 0.15) is 0 Å². The third-order valence-electron chi connectivity index (χ3n) is 11.3. The Bertz CT molecular complexity index is 1190. The standard InChI is InChI=1S/C35H56NSi.2C4H11Si.CH3.Ti/c1-31(2,3)36-37(12,13)30-24-20-28-26(32(4,5)14-16-34(28,8)9)18-22(24)23-19-27-29(21-25(23)30)35(10,11)17-15-33(27,6)7;2*1-5(2,3)4;;/h18-25,30H,14-17H2,1-13H3;2*1H2,2-4H3;1H3;/q4*-1;+4. The van der Waals surface area contributed by atoms with Crippen LogP contribution in [-0.2, 0) is 21.7 Å². The molecule has 0 aromatic rings. The van der Waals surface area contributed by atoms with E-state index in [1.54, 1.807) is 22.3 Å². The van der Waals surface area contributed by atoms with Crippen LogP contribution in [0.1, 0.15) is 102 Å². The summed E-state index contributed by atoms with van der Waals surface area (Å²) in [5, 5.41) is 0. The number of hydrogen-bond donors (Lipinski definition) is 0. The van der Waals surface area contributed by atoms with Crippen molar-refractivity contribution in [2.45, 2.75) is 165 Å². The van der Waals surface area contributed by atoms with Crippen LogP contribution in [-0.4, -0.2) is 29.9 Å². The molecule has 0 spiro atoms. The van der Waals surface area contributed by atoms with Crippen LogP contribution in [0.15, 0.2) is 46.6 Å². The summed E-state index contributed by atoms with van der Waals surface area (Å²) in [5.74, 6) is 2.43. The summed E-state index contributed by atoms with van der Waals surface area (Å²) in [6.07, 6.45) is 16.5. The van der Waals surface area contributed by atoms with Gasteiger partial charge in [0.2, 0.25) is 0 Å². The molecule has 5 heteroatoms. The summed E-state index contributed by atoms with van der Waals surface area (Å²) in [4.78, 5) is 5.68. The Balaban J connectivity index is 0.000000882. The van der Waals surface area contributed by atoms with E-state index < -0.39 is 24.4 Å². The molecule has 0 heterocycles. The SMILES string of the molecule is CC(C)(C)[N-][Si](C)(C)C1C2C=C3C(=CC2C2C=C4C(=CC21)C(C)(C)CCC4(C)C)C(C)(C)CCC3(C)C.[CH2-][Si](C)(C)C.[CH2-][Si](C)(C)C.[CH3-].[Ti+4]. The van der Waals surface area contributed by atoms with Crippen molar-refractivity contribution in [3.8, 4) is 0 Å². The van der Waals surface area contributed by atoms with Crippen LogP contribution in [0.3, 0.4) is 0 Å². The molecule has 4 unspecified atom stereocenters. The normalized spacial score (nSPS) is 30.5. The van der Waals surface area contributed by atoms with Crippen LogP contribution in [0.5, 0.6) is 0 Å². The Morgan fingerprint density at radius 3 is 0.939 bits per heavy atom. The summed E-state index contributed by atoms with van der Waals surface area (Å²) in [6, 6.07) is 0. The van der Waals surface area contributed by atoms with E-state index >= 15 is 0 Å². The maximum Gasteiger partial charge on any atom is 4.00 e. The first-order valence-electron chi connectivity index (χ1n) is 19.0. The number of rotatable bonds is 2. The van der Waals surface area contributed by atoms with E-state index in [0.29, 0.717) is 29.2 Å². The Morgan fingerprint density at radius 2 is 0.735 bits per heavy atom. The molecule has 0 aromatic carbocycles. The van der Waals surface area contributed by atoms with Crippen LogP contribution in [0.2, 0.25) is 57.9 Å². The molecule has 3 saturated carbocycles. The molecule has 1 nitrogen and oxygen atoms in total.